The largest absolute Gasteiger partial charge is 0.361 e. The molecule has 8 nitrogen and oxygen atoms in total. The average molecular weight is 325 g/mol. The van der Waals surface area contributed by atoms with E-state index in [4.69, 9.17) is 4.52 Å². The molecule has 0 amide bonds. The van der Waals surface area contributed by atoms with E-state index < -0.39 is 0 Å². The highest BCUT2D eigenvalue weighted by Crippen LogP contribution is 2.16. The molecule has 0 aromatic carbocycles. The molecule has 3 aromatic heterocycles. The Labute approximate surface area is 139 Å². The van der Waals surface area contributed by atoms with Crippen LogP contribution >= 0.6 is 0 Å². The lowest BCUT2D eigenvalue weighted by atomic mass is 10.2. The zero-order chi connectivity index (χ0) is 16.4. The first-order chi connectivity index (χ1) is 11.8. The molecule has 124 valence electrons. The van der Waals surface area contributed by atoms with E-state index in [1.54, 1.807) is 17.1 Å². The molecule has 0 N–H and O–H groups in total. The van der Waals surface area contributed by atoms with Gasteiger partial charge in [-0.3, -0.25) is 4.90 Å². The fraction of sp³-hybridized carbons (Fsp3) is 0.375. The van der Waals surface area contributed by atoms with Gasteiger partial charge in [-0.25, -0.2) is 4.68 Å². The van der Waals surface area contributed by atoms with E-state index in [1.165, 1.54) is 0 Å². The lowest BCUT2D eigenvalue weighted by Crippen LogP contribution is -2.46. The summed E-state index contributed by atoms with van der Waals surface area (Å²) in [4.78, 5) is 4.67. The van der Waals surface area contributed by atoms with Crippen molar-refractivity contribution in [2.24, 2.45) is 0 Å². The van der Waals surface area contributed by atoms with Crippen molar-refractivity contribution < 1.29 is 4.52 Å². The van der Waals surface area contributed by atoms with Crippen LogP contribution in [0, 0.1) is 6.92 Å². The number of anilines is 1. The summed E-state index contributed by atoms with van der Waals surface area (Å²) in [5.74, 6) is 2.54. The molecule has 0 spiro atoms. The molecule has 4 rings (SSSR count). The number of rotatable bonds is 4. The summed E-state index contributed by atoms with van der Waals surface area (Å²) in [6, 6.07) is 5.82. The first-order valence-corrected chi connectivity index (χ1v) is 8.01. The van der Waals surface area contributed by atoms with E-state index >= 15 is 0 Å². The molecule has 24 heavy (non-hydrogen) atoms. The monoisotopic (exact) mass is 325 g/mol. The molecule has 1 aliphatic rings. The first-order valence-electron chi connectivity index (χ1n) is 8.01. The van der Waals surface area contributed by atoms with Gasteiger partial charge in [0.1, 0.15) is 5.76 Å². The maximum atomic E-state index is 5.13. The molecule has 0 unspecified atom stereocenters. The van der Waals surface area contributed by atoms with Crippen molar-refractivity contribution in [3.8, 4) is 5.82 Å². The summed E-state index contributed by atoms with van der Waals surface area (Å²) in [5, 5.41) is 16.6. The number of piperazine rings is 1. The third kappa shape index (κ3) is 3.00. The highest BCUT2D eigenvalue weighted by Gasteiger charge is 2.19. The zero-order valence-corrected chi connectivity index (χ0v) is 13.5. The molecule has 0 bridgehead atoms. The Balaban J connectivity index is 1.36. The number of nitrogens with zero attached hydrogens (tertiary/aromatic N) is 7. The van der Waals surface area contributed by atoms with Gasteiger partial charge in [0.15, 0.2) is 11.6 Å². The van der Waals surface area contributed by atoms with Crippen LogP contribution in [-0.2, 0) is 6.54 Å². The standard InChI is InChI=1S/C16H19N7O/c1-13-14(11-18-24-13)12-21-7-9-22(10-8-21)15-3-4-16(20-19-15)23-6-2-5-17-23/h2-6,11H,7-10,12H2,1H3. The molecular weight excluding hydrogens is 306 g/mol. The van der Waals surface area contributed by atoms with Crippen LogP contribution in [-0.4, -0.2) is 56.2 Å². The lowest BCUT2D eigenvalue weighted by Gasteiger charge is -2.34. The second kappa shape index (κ2) is 6.40. The van der Waals surface area contributed by atoms with Crippen molar-refractivity contribution in [1.82, 2.24) is 30.0 Å². The average Bonchev–Trinajstić information content (AvgIpc) is 3.29. The maximum absolute atomic E-state index is 5.13. The van der Waals surface area contributed by atoms with Crippen LogP contribution in [0.15, 0.2) is 41.3 Å². The first kappa shape index (κ1) is 14.8. The minimum atomic E-state index is 0.727. The molecule has 0 aliphatic carbocycles. The van der Waals surface area contributed by atoms with Gasteiger partial charge >= 0.3 is 0 Å². The van der Waals surface area contributed by atoms with Gasteiger partial charge in [-0.2, -0.15) is 5.10 Å². The molecule has 8 heteroatoms. The molecule has 1 fully saturated rings. The van der Waals surface area contributed by atoms with Gasteiger partial charge in [-0.1, -0.05) is 5.16 Å². The molecule has 1 aliphatic heterocycles. The third-order valence-electron chi connectivity index (χ3n) is 4.32. The second-order valence-corrected chi connectivity index (χ2v) is 5.87. The Morgan fingerprint density at radius 1 is 1.08 bits per heavy atom. The topological polar surface area (TPSA) is 76.1 Å². The predicted octanol–water partition coefficient (Wildman–Crippen LogP) is 1.28. The number of hydrogen-bond acceptors (Lipinski definition) is 7. The van der Waals surface area contributed by atoms with E-state index in [2.05, 4.69) is 30.3 Å². The van der Waals surface area contributed by atoms with Crippen LogP contribution < -0.4 is 4.90 Å². The van der Waals surface area contributed by atoms with E-state index in [0.29, 0.717) is 0 Å². The molecule has 1 saturated heterocycles. The van der Waals surface area contributed by atoms with E-state index in [1.807, 2.05) is 31.3 Å². The summed E-state index contributed by atoms with van der Waals surface area (Å²) in [6.07, 6.45) is 5.39. The predicted molar refractivity (Wildman–Crippen MR) is 87.9 cm³/mol. The van der Waals surface area contributed by atoms with E-state index in [0.717, 1.165) is 55.7 Å². The van der Waals surface area contributed by atoms with Crippen molar-refractivity contribution in [3.05, 3.63) is 48.1 Å². The summed E-state index contributed by atoms with van der Waals surface area (Å²) >= 11 is 0. The van der Waals surface area contributed by atoms with Gasteiger partial charge in [0.05, 0.1) is 6.20 Å². The SMILES string of the molecule is Cc1oncc1CN1CCN(c2ccc(-n3cccn3)nn2)CC1. The van der Waals surface area contributed by atoms with Gasteiger partial charge in [0.2, 0.25) is 0 Å². The minimum Gasteiger partial charge on any atom is -0.361 e. The maximum Gasteiger partial charge on any atom is 0.175 e. The van der Waals surface area contributed by atoms with Gasteiger partial charge in [-0.15, -0.1) is 10.2 Å². The van der Waals surface area contributed by atoms with Crippen molar-refractivity contribution in [3.63, 3.8) is 0 Å². The Morgan fingerprint density at radius 2 is 1.88 bits per heavy atom. The molecule has 0 radical (unpaired) electrons. The zero-order valence-electron chi connectivity index (χ0n) is 13.5. The fourth-order valence-electron chi connectivity index (χ4n) is 2.86. The Morgan fingerprint density at radius 3 is 2.50 bits per heavy atom. The van der Waals surface area contributed by atoms with Crippen LogP contribution in [0.3, 0.4) is 0 Å². The van der Waals surface area contributed by atoms with Crippen LogP contribution in [0.5, 0.6) is 0 Å². The van der Waals surface area contributed by atoms with Crippen molar-refractivity contribution in [2.75, 3.05) is 31.1 Å². The highest BCUT2D eigenvalue weighted by atomic mass is 16.5. The van der Waals surface area contributed by atoms with Crippen molar-refractivity contribution in [1.29, 1.82) is 0 Å². The smallest absolute Gasteiger partial charge is 0.175 e. The van der Waals surface area contributed by atoms with Gasteiger partial charge in [0.25, 0.3) is 0 Å². The minimum absolute atomic E-state index is 0.727. The quantitative estimate of drug-likeness (QED) is 0.715. The Kier molecular flexibility index (Phi) is 3.96. The molecule has 4 heterocycles. The Hall–Kier alpha value is -2.74. The van der Waals surface area contributed by atoms with Crippen LogP contribution in [0.2, 0.25) is 0 Å². The van der Waals surface area contributed by atoms with E-state index in [9.17, 15) is 0 Å². The molecule has 3 aromatic rings. The summed E-state index contributed by atoms with van der Waals surface area (Å²) < 4.78 is 6.83. The van der Waals surface area contributed by atoms with Crippen LogP contribution in [0.1, 0.15) is 11.3 Å². The van der Waals surface area contributed by atoms with Crippen LogP contribution in [0.4, 0.5) is 5.82 Å². The summed E-state index contributed by atoms with van der Waals surface area (Å²) in [6.45, 7) is 6.66. The van der Waals surface area contributed by atoms with Gasteiger partial charge in [0, 0.05) is 50.7 Å². The van der Waals surface area contributed by atoms with E-state index in [-0.39, 0.29) is 0 Å². The number of aryl methyl sites for hydroxylation is 1. The molecule has 0 atom stereocenters. The normalized spacial score (nSPS) is 15.8. The highest BCUT2D eigenvalue weighted by molar-refractivity contribution is 5.40. The number of aromatic nitrogens is 5. The van der Waals surface area contributed by atoms with Crippen LogP contribution in [0.25, 0.3) is 5.82 Å². The summed E-state index contributed by atoms with van der Waals surface area (Å²) in [7, 11) is 0. The van der Waals surface area contributed by atoms with Gasteiger partial charge < -0.3 is 9.42 Å². The van der Waals surface area contributed by atoms with Gasteiger partial charge in [-0.05, 0) is 25.1 Å². The molecule has 0 saturated carbocycles. The van der Waals surface area contributed by atoms with Crippen molar-refractivity contribution in [2.45, 2.75) is 13.5 Å². The summed E-state index contributed by atoms with van der Waals surface area (Å²) in [5.41, 5.74) is 1.16. The Bertz CT molecular complexity index is 773. The lowest BCUT2D eigenvalue weighted by molar-refractivity contribution is 0.247. The second-order valence-electron chi connectivity index (χ2n) is 5.87. The molecular formula is C16H19N7O. The third-order valence-corrected chi connectivity index (χ3v) is 4.32. The van der Waals surface area contributed by atoms with Crippen molar-refractivity contribution >= 4 is 5.82 Å². The fourth-order valence-corrected chi connectivity index (χ4v) is 2.86. The number of hydrogen-bond donors (Lipinski definition) is 0.